The number of benzene rings is 2. The summed E-state index contributed by atoms with van der Waals surface area (Å²) in [6, 6.07) is 16.4. The number of aryl methyl sites for hydroxylation is 1. The number of rotatable bonds is 2. The average Bonchev–Trinajstić information content (AvgIpc) is 3.05. The van der Waals surface area contributed by atoms with Crippen LogP contribution in [0.2, 0.25) is 0 Å². The van der Waals surface area contributed by atoms with Crippen molar-refractivity contribution in [2.24, 2.45) is 18.4 Å². The number of carbonyl (C=O) groups excluding carboxylic acids is 2. The van der Waals surface area contributed by atoms with Crippen LogP contribution in [0, 0.1) is 11.3 Å². The van der Waals surface area contributed by atoms with Gasteiger partial charge in [-0.15, -0.1) is 0 Å². The molecule has 4 heteroatoms. The van der Waals surface area contributed by atoms with Gasteiger partial charge in [-0.1, -0.05) is 37.3 Å². The number of carbonyl (C=O) groups is 2. The van der Waals surface area contributed by atoms with Crippen LogP contribution in [0.15, 0.2) is 48.5 Å². The van der Waals surface area contributed by atoms with Gasteiger partial charge >= 0.3 is 0 Å². The zero-order valence-corrected chi connectivity index (χ0v) is 17.7. The number of methoxy groups -OCH3 is 1. The summed E-state index contributed by atoms with van der Waals surface area (Å²) < 4.78 is 7.63. The van der Waals surface area contributed by atoms with Crippen LogP contribution in [0.25, 0.3) is 10.9 Å². The summed E-state index contributed by atoms with van der Waals surface area (Å²) in [5.74, 6) is 0.961. The van der Waals surface area contributed by atoms with E-state index in [0.717, 1.165) is 27.8 Å². The van der Waals surface area contributed by atoms with Gasteiger partial charge in [-0.05, 0) is 36.2 Å². The second-order valence-electron chi connectivity index (χ2n) is 9.68. The number of hydrogen-bond acceptors (Lipinski definition) is 3. The van der Waals surface area contributed by atoms with Gasteiger partial charge < -0.3 is 9.30 Å². The fourth-order valence-corrected chi connectivity index (χ4v) is 7.28. The maximum atomic E-state index is 13.9. The van der Waals surface area contributed by atoms with Crippen molar-refractivity contribution in [3.05, 3.63) is 65.4 Å². The molecule has 30 heavy (non-hydrogen) atoms. The van der Waals surface area contributed by atoms with E-state index in [-0.39, 0.29) is 29.3 Å². The largest absolute Gasteiger partial charge is 0.497 e. The zero-order valence-electron chi connectivity index (χ0n) is 17.7. The molecule has 0 spiro atoms. The monoisotopic (exact) mass is 399 g/mol. The van der Waals surface area contributed by atoms with Crippen molar-refractivity contribution >= 4 is 22.5 Å². The van der Waals surface area contributed by atoms with Crippen LogP contribution in [0.4, 0.5) is 0 Å². The molecule has 0 saturated heterocycles. The number of aromatic nitrogens is 1. The van der Waals surface area contributed by atoms with Crippen molar-refractivity contribution in [2.75, 3.05) is 7.11 Å². The molecule has 3 fully saturated rings. The molecule has 0 N–H and O–H groups in total. The summed E-state index contributed by atoms with van der Waals surface area (Å²) >= 11 is 0. The maximum Gasteiger partial charge on any atom is 0.150 e. The molecule has 5 aliphatic carbocycles. The number of Topliss-reactive ketones (excluding diaryl/α,β-unsaturated/α-hetero) is 2. The minimum atomic E-state index is -0.792. The van der Waals surface area contributed by atoms with Crippen LogP contribution >= 0.6 is 0 Å². The van der Waals surface area contributed by atoms with Crippen molar-refractivity contribution in [1.82, 2.24) is 4.57 Å². The first-order valence-corrected chi connectivity index (χ1v) is 10.6. The molecule has 0 aliphatic heterocycles. The van der Waals surface area contributed by atoms with Crippen LogP contribution in [0.5, 0.6) is 5.75 Å². The average molecular weight is 399 g/mol. The lowest BCUT2D eigenvalue weighted by Gasteiger charge is -2.64. The Morgan fingerprint density at radius 2 is 1.70 bits per heavy atom. The molecule has 8 rings (SSSR count). The molecule has 0 unspecified atom stereocenters. The lowest BCUT2D eigenvalue weighted by molar-refractivity contribution is -0.164. The van der Waals surface area contributed by atoms with Gasteiger partial charge in [0.05, 0.1) is 12.5 Å². The molecule has 2 aromatic carbocycles. The summed E-state index contributed by atoms with van der Waals surface area (Å²) in [5, 5.41) is 1.12. The molecule has 3 saturated carbocycles. The molecule has 3 aromatic rings. The summed E-state index contributed by atoms with van der Waals surface area (Å²) in [6.45, 7) is 4.06. The number of nitrogens with zero attached hydrogens (tertiary/aromatic N) is 1. The highest BCUT2D eigenvalue weighted by molar-refractivity contribution is 6.13. The SMILES string of the molecule is COc1ccc([C@H]2[C@H]3C(=O)C[C@]4(C)C(=O)[C@@]3(C)c3c(n(C)c5ccccc35)[C@H]24)cc1. The van der Waals surface area contributed by atoms with E-state index in [9.17, 15) is 9.59 Å². The second kappa shape index (κ2) is 5.42. The summed E-state index contributed by atoms with van der Waals surface area (Å²) in [4.78, 5) is 27.4. The topological polar surface area (TPSA) is 48.3 Å². The lowest BCUT2D eigenvalue weighted by atomic mass is 9.35. The molecule has 152 valence electrons. The highest BCUT2D eigenvalue weighted by atomic mass is 16.5. The Bertz CT molecular complexity index is 1250. The Morgan fingerprint density at radius 3 is 2.40 bits per heavy atom. The van der Waals surface area contributed by atoms with Crippen molar-refractivity contribution in [2.45, 2.75) is 37.5 Å². The molecule has 0 amide bonds. The number of ether oxygens (including phenoxy) is 1. The van der Waals surface area contributed by atoms with Gasteiger partial charge in [0.15, 0.2) is 5.78 Å². The molecule has 1 heterocycles. The number of hydrogen-bond donors (Lipinski definition) is 0. The van der Waals surface area contributed by atoms with Gasteiger partial charge in [0.2, 0.25) is 0 Å². The number of ketones is 2. The molecule has 4 bridgehead atoms. The molecule has 4 nitrogen and oxygen atoms in total. The standard InChI is InChI=1S/C26H25NO3/c1-25-13-18(28)21-19(14-9-11-15(30-4)12-10-14)22(25)23-20(26(21,2)24(25)29)16-7-5-6-8-17(16)27(23)3/h5-12,19,21-22H,13H2,1-4H3/t19-,21+,22-,25-,26-/m0/s1. The van der Waals surface area contributed by atoms with E-state index in [4.69, 9.17) is 4.74 Å². The molecule has 1 aromatic heterocycles. The number of para-hydroxylation sites is 1. The molecule has 0 radical (unpaired) electrons. The minimum Gasteiger partial charge on any atom is -0.497 e. The van der Waals surface area contributed by atoms with E-state index in [1.165, 1.54) is 5.69 Å². The first kappa shape index (κ1) is 17.9. The zero-order chi connectivity index (χ0) is 21.0. The minimum absolute atomic E-state index is 0.000341. The van der Waals surface area contributed by atoms with E-state index in [2.05, 4.69) is 35.9 Å². The van der Waals surface area contributed by atoms with Crippen LogP contribution in [-0.2, 0) is 22.1 Å². The van der Waals surface area contributed by atoms with Crippen LogP contribution in [0.3, 0.4) is 0 Å². The normalized spacial score (nSPS) is 33.9. The maximum absolute atomic E-state index is 13.9. The Kier molecular flexibility index (Phi) is 3.24. The fourth-order valence-electron chi connectivity index (χ4n) is 7.28. The van der Waals surface area contributed by atoms with Gasteiger partial charge in [-0.2, -0.15) is 0 Å². The van der Waals surface area contributed by atoms with Crippen molar-refractivity contribution in [3.63, 3.8) is 0 Å². The van der Waals surface area contributed by atoms with E-state index in [1.807, 2.05) is 38.1 Å². The smallest absolute Gasteiger partial charge is 0.150 e. The second-order valence-corrected chi connectivity index (χ2v) is 9.68. The molecule has 5 aliphatic rings. The van der Waals surface area contributed by atoms with E-state index in [1.54, 1.807) is 7.11 Å². The van der Waals surface area contributed by atoms with Crippen molar-refractivity contribution in [3.8, 4) is 5.75 Å². The van der Waals surface area contributed by atoms with E-state index >= 15 is 0 Å². The predicted octanol–water partition coefficient (Wildman–Crippen LogP) is 4.50. The van der Waals surface area contributed by atoms with E-state index < -0.39 is 10.8 Å². The molecule has 5 atom stereocenters. The fraction of sp³-hybridized carbons (Fsp3) is 0.385. The number of fused-ring (bicyclic) bond motifs is 2. The van der Waals surface area contributed by atoms with Gasteiger partial charge in [0.25, 0.3) is 0 Å². The van der Waals surface area contributed by atoms with Gasteiger partial charge in [0, 0.05) is 53.2 Å². The Hall–Kier alpha value is -2.88. The summed E-state index contributed by atoms with van der Waals surface area (Å²) in [6.07, 6.45) is 0.352. The van der Waals surface area contributed by atoms with Crippen LogP contribution < -0.4 is 4.74 Å². The predicted molar refractivity (Wildman–Crippen MR) is 115 cm³/mol. The van der Waals surface area contributed by atoms with Crippen LogP contribution in [0.1, 0.15) is 48.9 Å². The van der Waals surface area contributed by atoms with Gasteiger partial charge in [-0.25, -0.2) is 0 Å². The Balaban J connectivity index is 1.71. The summed E-state index contributed by atoms with van der Waals surface area (Å²) in [7, 11) is 3.77. The lowest BCUT2D eigenvalue weighted by Crippen LogP contribution is -2.69. The highest BCUT2D eigenvalue weighted by Crippen LogP contribution is 2.72. The molecular formula is C26H25NO3. The Labute approximate surface area is 175 Å². The van der Waals surface area contributed by atoms with Gasteiger partial charge in [-0.3, -0.25) is 9.59 Å². The van der Waals surface area contributed by atoms with E-state index in [0.29, 0.717) is 6.42 Å². The first-order valence-electron chi connectivity index (χ1n) is 10.6. The van der Waals surface area contributed by atoms with Gasteiger partial charge in [0.1, 0.15) is 11.5 Å². The highest BCUT2D eigenvalue weighted by Gasteiger charge is 2.74. The summed E-state index contributed by atoms with van der Waals surface area (Å²) in [5.41, 5.74) is 3.14. The van der Waals surface area contributed by atoms with Crippen LogP contribution in [-0.4, -0.2) is 23.2 Å². The van der Waals surface area contributed by atoms with Crippen molar-refractivity contribution in [1.29, 1.82) is 0 Å². The third kappa shape index (κ3) is 1.76. The Morgan fingerprint density at radius 1 is 1.00 bits per heavy atom. The van der Waals surface area contributed by atoms with Crippen molar-refractivity contribution < 1.29 is 14.3 Å². The molecular weight excluding hydrogens is 374 g/mol. The quantitative estimate of drug-likeness (QED) is 0.637. The third-order valence-electron chi connectivity index (χ3n) is 8.37. The third-order valence-corrected chi connectivity index (χ3v) is 8.37. The first-order chi connectivity index (χ1) is 14.3.